The summed E-state index contributed by atoms with van der Waals surface area (Å²) in [6.45, 7) is 0.365. The Morgan fingerprint density at radius 2 is 1.43 bits per heavy atom. The average molecular weight is 335 g/mol. The summed E-state index contributed by atoms with van der Waals surface area (Å²) >= 11 is 0. The normalized spacial score (nSPS) is 12.8. The molecule has 0 saturated carbocycles. The molecule has 2 aromatic carbocycles. The first kappa shape index (κ1) is 17.7. The number of aliphatic hydroxyl groups is 1. The van der Waals surface area contributed by atoms with Gasteiger partial charge >= 0.3 is 8.25 Å². The number of hydrogen-bond acceptors (Lipinski definition) is 5. The van der Waals surface area contributed by atoms with Crippen molar-refractivity contribution in [3.63, 3.8) is 0 Å². The van der Waals surface area contributed by atoms with E-state index in [1.807, 2.05) is 60.7 Å². The van der Waals surface area contributed by atoms with Gasteiger partial charge in [0.1, 0.15) is 19.3 Å². The van der Waals surface area contributed by atoms with Gasteiger partial charge in [-0.1, -0.05) is 60.7 Å². The number of rotatable bonds is 10. The SMILES string of the molecule is O=[P+](OCc1ccccc1)OCC(CO)OCc1ccccc1. The third-order valence-electron chi connectivity index (χ3n) is 3.08. The van der Waals surface area contributed by atoms with E-state index in [1.165, 1.54) is 0 Å². The Bertz CT molecular complexity index is 576. The number of benzene rings is 2. The lowest BCUT2D eigenvalue weighted by Gasteiger charge is -2.12. The van der Waals surface area contributed by atoms with E-state index in [0.717, 1.165) is 11.1 Å². The van der Waals surface area contributed by atoms with Crippen molar-refractivity contribution in [2.24, 2.45) is 0 Å². The highest BCUT2D eigenvalue weighted by molar-refractivity contribution is 7.33. The Balaban J connectivity index is 1.67. The van der Waals surface area contributed by atoms with Gasteiger partial charge in [-0.15, -0.1) is 9.05 Å². The summed E-state index contributed by atoms with van der Waals surface area (Å²) in [4.78, 5) is 0. The van der Waals surface area contributed by atoms with Gasteiger partial charge in [0, 0.05) is 4.57 Å². The molecule has 6 heteroatoms. The molecular weight excluding hydrogens is 315 g/mol. The second-order valence-corrected chi connectivity index (χ2v) is 5.84. The largest absolute Gasteiger partial charge is 0.697 e. The molecule has 2 atom stereocenters. The second kappa shape index (κ2) is 10.2. The molecule has 0 saturated heterocycles. The Morgan fingerprint density at radius 1 is 0.870 bits per heavy atom. The van der Waals surface area contributed by atoms with Gasteiger partial charge in [-0.3, -0.25) is 0 Å². The molecule has 1 N–H and O–H groups in total. The second-order valence-electron chi connectivity index (χ2n) is 4.88. The van der Waals surface area contributed by atoms with Gasteiger partial charge in [0.05, 0.1) is 13.2 Å². The van der Waals surface area contributed by atoms with Crippen molar-refractivity contribution in [1.82, 2.24) is 0 Å². The van der Waals surface area contributed by atoms with Crippen molar-refractivity contribution >= 4 is 8.25 Å². The third-order valence-corrected chi connectivity index (χ3v) is 3.78. The summed E-state index contributed by atoms with van der Waals surface area (Å²) in [5, 5.41) is 9.28. The van der Waals surface area contributed by atoms with E-state index in [1.54, 1.807) is 0 Å². The van der Waals surface area contributed by atoms with E-state index >= 15 is 0 Å². The van der Waals surface area contributed by atoms with Gasteiger partial charge in [-0.25, -0.2) is 0 Å². The van der Waals surface area contributed by atoms with Gasteiger partial charge in [0.25, 0.3) is 0 Å². The van der Waals surface area contributed by atoms with Crippen molar-refractivity contribution in [1.29, 1.82) is 0 Å². The lowest BCUT2D eigenvalue weighted by atomic mass is 10.2. The highest BCUT2D eigenvalue weighted by Gasteiger charge is 2.23. The summed E-state index contributed by atoms with van der Waals surface area (Å²) in [6.07, 6.45) is -0.547. The van der Waals surface area contributed by atoms with Crippen LogP contribution in [0.4, 0.5) is 0 Å². The number of hydrogen-bond donors (Lipinski definition) is 1. The fourth-order valence-electron chi connectivity index (χ4n) is 1.82. The summed E-state index contributed by atoms with van der Waals surface area (Å²) < 4.78 is 27.5. The van der Waals surface area contributed by atoms with Crippen molar-refractivity contribution in [3.05, 3.63) is 71.8 Å². The molecule has 0 aliphatic rings. The first-order chi connectivity index (χ1) is 11.3. The van der Waals surface area contributed by atoms with E-state index in [2.05, 4.69) is 0 Å². The van der Waals surface area contributed by atoms with Crippen LogP contribution in [0.25, 0.3) is 0 Å². The summed E-state index contributed by atoms with van der Waals surface area (Å²) in [5.41, 5.74) is 1.91. The molecule has 2 rings (SSSR count). The zero-order valence-electron chi connectivity index (χ0n) is 12.7. The van der Waals surface area contributed by atoms with Gasteiger partial charge in [-0.05, 0) is 11.1 Å². The molecule has 0 amide bonds. The Hall–Kier alpha value is -1.62. The Morgan fingerprint density at radius 3 is 2.00 bits per heavy atom. The maximum absolute atomic E-state index is 11.7. The maximum atomic E-state index is 11.7. The molecule has 5 nitrogen and oxygen atoms in total. The molecule has 0 aromatic heterocycles. The van der Waals surface area contributed by atoms with Crippen LogP contribution in [0.15, 0.2) is 60.7 Å². The summed E-state index contributed by atoms with van der Waals surface area (Å²) in [6, 6.07) is 19.0. The van der Waals surface area contributed by atoms with E-state index in [4.69, 9.17) is 13.8 Å². The minimum absolute atomic E-state index is 0.00727. The third kappa shape index (κ3) is 6.99. The van der Waals surface area contributed by atoms with Crippen LogP contribution in [-0.4, -0.2) is 24.4 Å². The van der Waals surface area contributed by atoms with Crippen LogP contribution in [-0.2, 0) is 31.6 Å². The molecule has 0 aliphatic heterocycles. The highest BCUT2D eigenvalue weighted by atomic mass is 31.1. The molecular formula is C17H20O5P+. The number of aliphatic hydroxyl groups excluding tert-OH is 1. The van der Waals surface area contributed by atoms with Gasteiger partial charge in [0.15, 0.2) is 0 Å². The first-order valence-corrected chi connectivity index (χ1v) is 8.41. The molecule has 0 bridgehead atoms. The van der Waals surface area contributed by atoms with E-state index in [-0.39, 0.29) is 19.8 Å². The Kier molecular flexibility index (Phi) is 7.87. The van der Waals surface area contributed by atoms with Crippen molar-refractivity contribution in [2.45, 2.75) is 19.3 Å². The molecule has 122 valence electrons. The smallest absolute Gasteiger partial charge is 0.394 e. The quantitative estimate of drug-likeness (QED) is 0.674. The molecule has 0 radical (unpaired) electrons. The first-order valence-electron chi connectivity index (χ1n) is 7.31. The average Bonchev–Trinajstić information content (AvgIpc) is 2.62. The molecule has 2 aromatic rings. The van der Waals surface area contributed by atoms with Crippen LogP contribution < -0.4 is 0 Å². The van der Waals surface area contributed by atoms with E-state index in [0.29, 0.717) is 6.61 Å². The minimum Gasteiger partial charge on any atom is -0.394 e. The monoisotopic (exact) mass is 335 g/mol. The zero-order valence-corrected chi connectivity index (χ0v) is 13.6. The van der Waals surface area contributed by atoms with Gasteiger partial charge in [-0.2, -0.15) is 0 Å². The molecule has 0 fully saturated rings. The van der Waals surface area contributed by atoms with Gasteiger partial charge in [0.2, 0.25) is 0 Å². The van der Waals surface area contributed by atoms with Crippen LogP contribution in [0.3, 0.4) is 0 Å². The van der Waals surface area contributed by atoms with Crippen LogP contribution in [0.5, 0.6) is 0 Å². The highest BCUT2D eigenvalue weighted by Crippen LogP contribution is 2.26. The van der Waals surface area contributed by atoms with E-state index in [9.17, 15) is 9.67 Å². The standard InChI is InChI=1S/C17H20O5P/c18-11-17(20-12-15-7-3-1-4-8-15)14-22-23(19)21-13-16-9-5-2-6-10-16/h1-10,17-18H,11-14H2/q+1. The van der Waals surface area contributed by atoms with Crippen molar-refractivity contribution in [3.8, 4) is 0 Å². The number of ether oxygens (including phenoxy) is 1. The Labute approximate surface area is 136 Å². The fourth-order valence-corrected chi connectivity index (χ4v) is 2.44. The molecule has 2 unspecified atom stereocenters. The van der Waals surface area contributed by atoms with Gasteiger partial charge < -0.3 is 9.84 Å². The van der Waals surface area contributed by atoms with Crippen LogP contribution >= 0.6 is 8.25 Å². The molecule has 23 heavy (non-hydrogen) atoms. The van der Waals surface area contributed by atoms with Crippen LogP contribution in [0, 0.1) is 0 Å². The topological polar surface area (TPSA) is 65.0 Å². The van der Waals surface area contributed by atoms with Crippen molar-refractivity contribution < 1.29 is 23.5 Å². The van der Waals surface area contributed by atoms with Crippen LogP contribution in [0.2, 0.25) is 0 Å². The summed E-state index contributed by atoms with van der Waals surface area (Å²) in [7, 11) is -2.25. The van der Waals surface area contributed by atoms with E-state index < -0.39 is 14.4 Å². The molecule has 0 aliphatic carbocycles. The lowest BCUT2D eigenvalue weighted by molar-refractivity contribution is -0.0242. The fraction of sp³-hybridized carbons (Fsp3) is 0.294. The predicted octanol–water partition coefficient (Wildman–Crippen LogP) is 3.45. The van der Waals surface area contributed by atoms with Crippen molar-refractivity contribution in [2.75, 3.05) is 13.2 Å². The molecule has 0 heterocycles. The lowest BCUT2D eigenvalue weighted by Crippen LogP contribution is -2.22. The van der Waals surface area contributed by atoms with Crippen LogP contribution in [0.1, 0.15) is 11.1 Å². The maximum Gasteiger partial charge on any atom is 0.697 e. The minimum atomic E-state index is -2.25. The predicted molar refractivity (Wildman–Crippen MR) is 86.9 cm³/mol. The summed E-state index contributed by atoms with van der Waals surface area (Å²) in [5.74, 6) is 0. The molecule has 0 spiro atoms. The zero-order chi connectivity index (χ0) is 16.3.